The molecule has 1 atom stereocenters. The van der Waals surface area contributed by atoms with Crippen molar-refractivity contribution >= 4 is 11.3 Å². The average Bonchev–Trinajstić information content (AvgIpc) is 2.48. The fraction of sp³-hybridized carbons (Fsp3) is 0.769. The highest BCUT2D eigenvalue weighted by molar-refractivity contribution is 7.07. The highest BCUT2D eigenvalue weighted by Gasteiger charge is 2.27. The molecule has 0 amide bonds. The third-order valence-corrected chi connectivity index (χ3v) is 3.08. The lowest BCUT2D eigenvalue weighted by Crippen LogP contribution is -2.43. The number of hydrogen-bond donors (Lipinski definition) is 1. The number of hydrogen-bond acceptors (Lipinski definition) is 3. The summed E-state index contributed by atoms with van der Waals surface area (Å²) in [4.78, 5) is 4.35. The van der Waals surface area contributed by atoms with Crippen LogP contribution in [-0.4, -0.2) is 10.5 Å². The first kappa shape index (κ1) is 13.7. The molecule has 1 N–H and O–H groups in total. The van der Waals surface area contributed by atoms with Crippen LogP contribution in [0.1, 0.15) is 59.7 Å². The van der Waals surface area contributed by atoms with E-state index < -0.39 is 0 Å². The van der Waals surface area contributed by atoms with Crippen LogP contribution in [0.15, 0.2) is 10.9 Å². The molecule has 0 bridgehead atoms. The SMILES string of the molecule is CC(NC(C)(C)CC(C)(C)C)c1cscn1. The first-order valence-electron chi connectivity index (χ1n) is 5.85. The van der Waals surface area contributed by atoms with Crippen molar-refractivity contribution in [3.63, 3.8) is 0 Å². The Morgan fingerprint density at radius 3 is 2.38 bits per heavy atom. The Morgan fingerprint density at radius 2 is 1.94 bits per heavy atom. The molecule has 0 fully saturated rings. The molecule has 0 radical (unpaired) electrons. The molecular formula is C13H24N2S. The van der Waals surface area contributed by atoms with E-state index in [4.69, 9.17) is 0 Å². The maximum atomic E-state index is 4.35. The van der Waals surface area contributed by atoms with Gasteiger partial charge in [-0.3, -0.25) is 0 Å². The molecule has 2 nitrogen and oxygen atoms in total. The van der Waals surface area contributed by atoms with Crippen LogP contribution in [0.4, 0.5) is 0 Å². The van der Waals surface area contributed by atoms with Crippen LogP contribution in [-0.2, 0) is 0 Å². The molecule has 1 aromatic heterocycles. The minimum atomic E-state index is 0.140. The summed E-state index contributed by atoms with van der Waals surface area (Å²) in [6, 6.07) is 0.323. The summed E-state index contributed by atoms with van der Waals surface area (Å²) in [5.74, 6) is 0. The van der Waals surface area contributed by atoms with E-state index in [1.807, 2.05) is 5.51 Å². The molecular weight excluding hydrogens is 216 g/mol. The molecule has 0 saturated heterocycles. The third kappa shape index (κ3) is 4.62. The second-order valence-corrected chi connectivity index (χ2v) is 7.12. The molecule has 3 heteroatoms. The maximum Gasteiger partial charge on any atom is 0.0795 e. The Kier molecular flexibility index (Phi) is 4.13. The van der Waals surface area contributed by atoms with Crippen molar-refractivity contribution < 1.29 is 0 Å². The van der Waals surface area contributed by atoms with E-state index in [0.29, 0.717) is 11.5 Å². The number of nitrogens with zero attached hydrogens (tertiary/aromatic N) is 1. The van der Waals surface area contributed by atoms with Gasteiger partial charge in [0.15, 0.2) is 0 Å². The second kappa shape index (κ2) is 4.84. The molecule has 1 aromatic rings. The molecule has 92 valence electrons. The predicted molar refractivity (Wildman–Crippen MR) is 71.8 cm³/mol. The predicted octanol–water partition coefficient (Wildman–Crippen LogP) is 4.01. The van der Waals surface area contributed by atoms with Crippen LogP contribution < -0.4 is 5.32 Å². The van der Waals surface area contributed by atoms with Crippen LogP contribution in [0.5, 0.6) is 0 Å². The van der Waals surface area contributed by atoms with Gasteiger partial charge in [0.25, 0.3) is 0 Å². The largest absolute Gasteiger partial charge is 0.304 e. The van der Waals surface area contributed by atoms with Crippen molar-refractivity contribution in [3.8, 4) is 0 Å². The molecule has 0 saturated carbocycles. The van der Waals surface area contributed by atoms with E-state index >= 15 is 0 Å². The smallest absolute Gasteiger partial charge is 0.0795 e. The van der Waals surface area contributed by atoms with Crippen molar-refractivity contribution in [1.29, 1.82) is 0 Å². The van der Waals surface area contributed by atoms with Crippen LogP contribution >= 0.6 is 11.3 Å². The van der Waals surface area contributed by atoms with Crippen molar-refractivity contribution in [2.24, 2.45) is 5.41 Å². The van der Waals surface area contributed by atoms with Gasteiger partial charge in [0.05, 0.1) is 11.2 Å². The zero-order chi connectivity index (χ0) is 12.4. The molecule has 0 aliphatic rings. The first-order valence-corrected chi connectivity index (χ1v) is 6.80. The quantitative estimate of drug-likeness (QED) is 0.860. The van der Waals surface area contributed by atoms with Gasteiger partial charge in [-0.1, -0.05) is 20.8 Å². The lowest BCUT2D eigenvalue weighted by Gasteiger charge is -2.35. The highest BCUT2D eigenvalue weighted by Crippen LogP contribution is 2.28. The van der Waals surface area contributed by atoms with E-state index in [-0.39, 0.29) is 5.54 Å². The molecule has 0 aromatic carbocycles. The number of nitrogens with one attached hydrogen (secondary N) is 1. The van der Waals surface area contributed by atoms with Gasteiger partial charge >= 0.3 is 0 Å². The van der Waals surface area contributed by atoms with Crippen LogP contribution in [0.25, 0.3) is 0 Å². The highest BCUT2D eigenvalue weighted by atomic mass is 32.1. The Bertz CT molecular complexity index is 309. The Labute approximate surface area is 103 Å². The van der Waals surface area contributed by atoms with Crippen LogP contribution in [0.2, 0.25) is 0 Å². The number of thiazole rings is 1. The van der Waals surface area contributed by atoms with E-state index in [9.17, 15) is 0 Å². The summed E-state index contributed by atoms with van der Waals surface area (Å²) >= 11 is 1.66. The average molecular weight is 240 g/mol. The van der Waals surface area contributed by atoms with Gasteiger partial charge in [0.2, 0.25) is 0 Å². The summed E-state index contributed by atoms with van der Waals surface area (Å²) in [5.41, 5.74) is 3.52. The lowest BCUT2D eigenvalue weighted by molar-refractivity contribution is 0.226. The fourth-order valence-electron chi connectivity index (χ4n) is 2.47. The zero-order valence-corrected chi connectivity index (χ0v) is 12.1. The monoisotopic (exact) mass is 240 g/mol. The van der Waals surface area contributed by atoms with Crippen molar-refractivity contribution in [3.05, 3.63) is 16.6 Å². The van der Waals surface area contributed by atoms with Gasteiger partial charge in [-0.25, -0.2) is 4.98 Å². The first-order chi connectivity index (χ1) is 7.20. The van der Waals surface area contributed by atoms with Gasteiger partial charge in [0.1, 0.15) is 0 Å². The molecule has 1 rings (SSSR count). The normalized spacial score (nSPS) is 15.1. The van der Waals surface area contributed by atoms with Crippen molar-refractivity contribution in [1.82, 2.24) is 10.3 Å². The van der Waals surface area contributed by atoms with Crippen LogP contribution in [0.3, 0.4) is 0 Å². The van der Waals surface area contributed by atoms with E-state index in [1.165, 1.54) is 0 Å². The summed E-state index contributed by atoms with van der Waals surface area (Å²) < 4.78 is 0. The Hall–Kier alpha value is -0.410. The van der Waals surface area contributed by atoms with Gasteiger partial charge in [-0.2, -0.15) is 0 Å². The minimum Gasteiger partial charge on any atom is -0.304 e. The van der Waals surface area contributed by atoms with Crippen molar-refractivity contribution in [2.75, 3.05) is 0 Å². The van der Waals surface area contributed by atoms with Gasteiger partial charge < -0.3 is 5.32 Å². The van der Waals surface area contributed by atoms with E-state index in [2.05, 4.69) is 57.2 Å². The third-order valence-electron chi connectivity index (χ3n) is 2.47. The lowest BCUT2D eigenvalue weighted by atomic mass is 9.81. The number of aromatic nitrogens is 1. The Morgan fingerprint density at radius 1 is 1.31 bits per heavy atom. The second-order valence-electron chi connectivity index (χ2n) is 6.40. The van der Waals surface area contributed by atoms with Gasteiger partial charge in [0, 0.05) is 17.0 Å². The zero-order valence-electron chi connectivity index (χ0n) is 11.3. The molecule has 0 aliphatic carbocycles. The van der Waals surface area contributed by atoms with Crippen LogP contribution in [0, 0.1) is 5.41 Å². The van der Waals surface area contributed by atoms with Gasteiger partial charge in [-0.15, -0.1) is 11.3 Å². The topological polar surface area (TPSA) is 24.9 Å². The summed E-state index contributed by atoms with van der Waals surface area (Å²) in [5, 5.41) is 5.78. The standard InChI is InChI=1S/C13H24N2S/c1-10(11-7-16-9-14-11)15-13(5,6)8-12(2,3)4/h7,9-10,15H,8H2,1-6H3. The molecule has 0 aliphatic heterocycles. The Balaban J connectivity index is 2.59. The summed E-state index contributed by atoms with van der Waals surface area (Å²) in [6.07, 6.45) is 1.15. The van der Waals surface area contributed by atoms with Crippen molar-refractivity contribution in [2.45, 2.75) is 59.5 Å². The van der Waals surface area contributed by atoms with Gasteiger partial charge in [-0.05, 0) is 32.6 Å². The summed E-state index contributed by atoms with van der Waals surface area (Å²) in [7, 11) is 0. The minimum absolute atomic E-state index is 0.140. The molecule has 0 spiro atoms. The van der Waals surface area contributed by atoms with E-state index in [1.54, 1.807) is 11.3 Å². The fourth-order valence-corrected chi connectivity index (χ4v) is 3.12. The summed E-state index contributed by atoms with van der Waals surface area (Å²) in [6.45, 7) is 13.6. The molecule has 16 heavy (non-hydrogen) atoms. The maximum absolute atomic E-state index is 4.35. The van der Waals surface area contributed by atoms with E-state index in [0.717, 1.165) is 12.1 Å². The molecule has 1 unspecified atom stereocenters. The number of rotatable bonds is 4. The molecule has 1 heterocycles.